The van der Waals surface area contributed by atoms with Crippen molar-refractivity contribution in [2.24, 2.45) is 12.8 Å². The number of hydrogen-bond donors (Lipinski definition) is 1. The number of carbonyl (C=O) groups is 1. The molecule has 0 bridgehead atoms. The van der Waals surface area contributed by atoms with Crippen molar-refractivity contribution in [3.05, 3.63) is 59.0 Å². The van der Waals surface area contributed by atoms with Gasteiger partial charge >= 0.3 is 0 Å². The molecule has 1 amide bonds. The van der Waals surface area contributed by atoms with Crippen LogP contribution in [0.4, 0.5) is 8.78 Å². The molecule has 9 heteroatoms. The highest BCUT2D eigenvalue weighted by molar-refractivity contribution is 6.31. The van der Waals surface area contributed by atoms with Crippen molar-refractivity contribution in [2.75, 3.05) is 0 Å². The highest BCUT2D eigenvalue weighted by Crippen LogP contribution is 2.35. The molecular weight excluding hydrogens is 352 g/mol. The van der Waals surface area contributed by atoms with Gasteiger partial charge in [-0.15, -0.1) is 10.2 Å². The third kappa shape index (κ3) is 3.48. The Morgan fingerprint density at radius 2 is 2.00 bits per heavy atom. The van der Waals surface area contributed by atoms with Crippen LogP contribution >= 0.6 is 11.6 Å². The van der Waals surface area contributed by atoms with E-state index in [-0.39, 0.29) is 22.0 Å². The SMILES string of the molecule is Cn1nnc(-c2c(F)cc(Cl)cc2-c2ccc([CH]C(N)=O)c(F)c2)n1. The molecule has 0 aliphatic rings. The fraction of sp³-hybridized carbons (Fsp3) is 0.0625. The van der Waals surface area contributed by atoms with E-state index in [1.54, 1.807) is 0 Å². The van der Waals surface area contributed by atoms with Crippen molar-refractivity contribution in [3.8, 4) is 22.5 Å². The molecule has 0 saturated carbocycles. The fourth-order valence-electron chi connectivity index (χ4n) is 2.38. The van der Waals surface area contributed by atoms with E-state index in [9.17, 15) is 13.6 Å². The second-order valence-corrected chi connectivity index (χ2v) is 5.63. The van der Waals surface area contributed by atoms with Crippen molar-refractivity contribution >= 4 is 17.5 Å². The first-order chi connectivity index (χ1) is 11.8. The number of amides is 1. The Labute approximate surface area is 146 Å². The van der Waals surface area contributed by atoms with Crippen molar-refractivity contribution in [1.29, 1.82) is 0 Å². The summed E-state index contributed by atoms with van der Waals surface area (Å²) in [4.78, 5) is 12.1. The summed E-state index contributed by atoms with van der Waals surface area (Å²) >= 11 is 5.94. The highest BCUT2D eigenvalue weighted by Gasteiger charge is 2.19. The number of tetrazole rings is 1. The van der Waals surface area contributed by atoms with E-state index in [4.69, 9.17) is 17.3 Å². The van der Waals surface area contributed by atoms with E-state index in [0.29, 0.717) is 11.1 Å². The average Bonchev–Trinajstić information content (AvgIpc) is 2.94. The molecule has 3 rings (SSSR count). The molecule has 2 aromatic carbocycles. The quantitative estimate of drug-likeness (QED) is 0.772. The van der Waals surface area contributed by atoms with Crippen LogP contribution in [0.2, 0.25) is 5.02 Å². The molecule has 0 fully saturated rings. The van der Waals surface area contributed by atoms with Crippen LogP contribution in [0, 0.1) is 18.1 Å². The van der Waals surface area contributed by atoms with Crippen LogP contribution in [0.3, 0.4) is 0 Å². The maximum absolute atomic E-state index is 14.5. The molecule has 6 nitrogen and oxygen atoms in total. The molecule has 3 aromatic rings. The summed E-state index contributed by atoms with van der Waals surface area (Å²) in [6.07, 6.45) is 0.961. The summed E-state index contributed by atoms with van der Waals surface area (Å²) < 4.78 is 28.7. The van der Waals surface area contributed by atoms with Crippen molar-refractivity contribution < 1.29 is 13.6 Å². The van der Waals surface area contributed by atoms with Crippen LogP contribution < -0.4 is 5.73 Å². The number of halogens is 3. The monoisotopic (exact) mass is 362 g/mol. The van der Waals surface area contributed by atoms with E-state index in [2.05, 4.69) is 15.4 Å². The van der Waals surface area contributed by atoms with Gasteiger partial charge in [-0.1, -0.05) is 23.7 Å². The predicted molar refractivity (Wildman–Crippen MR) is 87.2 cm³/mol. The number of rotatable bonds is 4. The van der Waals surface area contributed by atoms with Crippen LogP contribution in [0.15, 0.2) is 30.3 Å². The largest absolute Gasteiger partial charge is 0.369 e. The van der Waals surface area contributed by atoms with Crippen molar-refractivity contribution in [1.82, 2.24) is 20.2 Å². The Morgan fingerprint density at radius 1 is 1.24 bits per heavy atom. The van der Waals surface area contributed by atoms with Gasteiger partial charge in [0.05, 0.1) is 19.0 Å². The lowest BCUT2D eigenvalue weighted by molar-refractivity contribution is -0.114. The molecule has 0 atom stereocenters. The topological polar surface area (TPSA) is 86.7 Å². The van der Waals surface area contributed by atoms with E-state index in [1.807, 2.05) is 0 Å². The van der Waals surface area contributed by atoms with Crippen molar-refractivity contribution in [3.63, 3.8) is 0 Å². The molecule has 0 spiro atoms. The second kappa shape index (κ2) is 6.56. The van der Waals surface area contributed by atoms with Crippen LogP contribution in [-0.2, 0) is 11.8 Å². The zero-order chi connectivity index (χ0) is 18.1. The van der Waals surface area contributed by atoms with Gasteiger partial charge in [0.25, 0.3) is 0 Å². The Morgan fingerprint density at radius 3 is 2.60 bits per heavy atom. The lowest BCUT2D eigenvalue weighted by Crippen LogP contribution is -2.12. The van der Waals surface area contributed by atoms with Gasteiger partial charge in [0.15, 0.2) is 0 Å². The Balaban J connectivity index is 2.17. The lowest BCUT2D eigenvalue weighted by Gasteiger charge is -2.10. The van der Waals surface area contributed by atoms with Gasteiger partial charge in [-0.2, -0.15) is 4.80 Å². The first-order valence-corrected chi connectivity index (χ1v) is 7.40. The molecule has 1 aromatic heterocycles. The van der Waals surface area contributed by atoms with Gasteiger partial charge in [-0.05, 0) is 34.5 Å². The van der Waals surface area contributed by atoms with Crippen LogP contribution in [0.25, 0.3) is 22.5 Å². The minimum absolute atomic E-state index is 0.0259. The number of benzene rings is 2. The number of nitrogens with two attached hydrogens (primary N) is 1. The first-order valence-electron chi connectivity index (χ1n) is 7.02. The average molecular weight is 363 g/mol. The Kier molecular flexibility index (Phi) is 4.45. The summed E-state index contributed by atoms with van der Waals surface area (Å²) in [5, 5.41) is 11.6. The van der Waals surface area contributed by atoms with Gasteiger partial charge in [-0.3, -0.25) is 4.79 Å². The lowest BCUT2D eigenvalue weighted by atomic mass is 9.97. The minimum Gasteiger partial charge on any atom is -0.369 e. The third-order valence-corrected chi connectivity index (χ3v) is 3.61. The standard InChI is InChI=1S/C16H11ClF2N5O/c1-24-22-16(21-23-24)15-11(6-10(17)7-13(15)19)8-2-3-9(5-14(20)25)12(18)4-8/h2-7H,1H3,(H2,20,25). The smallest absolute Gasteiger partial charge is 0.226 e. The molecule has 1 radical (unpaired) electrons. The molecule has 0 saturated heterocycles. The maximum Gasteiger partial charge on any atom is 0.226 e. The third-order valence-electron chi connectivity index (χ3n) is 3.40. The van der Waals surface area contributed by atoms with E-state index < -0.39 is 17.5 Å². The zero-order valence-corrected chi connectivity index (χ0v) is 13.6. The summed E-state index contributed by atoms with van der Waals surface area (Å²) in [7, 11) is 1.54. The molecule has 127 valence electrons. The Bertz CT molecular complexity index is 973. The molecule has 0 aliphatic carbocycles. The van der Waals surface area contributed by atoms with Crippen molar-refractivity contribution in [2.45, 2.75) is 0 Å². The molecule has 1 heterocycles. The zero-order valence-electron chi connectivity index (χ0n) is 12.9. The van der Waals surface area contributed by atoms with Gasteiger partial charge in [0.2, 0.25) is 11.7 Å². The van der Waals surface area contributed by atoms with Crippen LogP contribution in [-0.4, -0.2) is 26.1 Å². The molecule has 2 N–H and O–H groups in total. The van der Waals surface area contributed by atoms with Gasteiger partial charge < -0.3 is 5.73 Å². The fourth-order valence-corrected chi connectivity index (χ4v) is 2.58. The summed E-state index contributed by atoms with van der Waals surface area (Å²) in [5.41, 5.74) is 5.73. The second-order valence-electron chi connectivity index (χ2n) is 5.20. The number of nitrogens with zero attached hydrogens (tertiary/aromatic N) is 4. The minimum atomic E-state index is -0.773. The van der Waals surface area contributed by atoms with Crippen LogP contribution in [0.1, 0.15) is 5.56 Å². The van der Waals surface area contributed by atoms with Gasteiger partial charge in [0, 0.05) is 10.6 Å². The predicted octanol–water partition coefficient (Wildman–Crippen LogP) is 2.51. The summed E-state index contributed by atoms with van der Waals surface area (Å²) in [6, 6.07) is 6.62. The molecule has 0 aliphatic heterocycles. The molecule has 25 heavy (non-hydrogen) atoms. The first kappa shape index (κ1) is 17.0. The van der Waals surface area contributed by atoms with Gasteiger partial charge in [0.1, 0.15) is 11.6 Å². The van der Waals surface area contributed by atoms with E-state index in [1.165, 1.54) is 30.0 Å². The summed E-state index contributed by atoms with van der Waals surface area (Å²) in [5.74, 6) is -2.08. The number of primary amides is 1. The number of aromatic nitrogens is 4. The Hall–Kier alpha value is -2.87. The number of carbonyl (C=O) groups excluding carboxylic acids is 1. The molecular formula is C16H11ClF2N5O. The highest BCUT2D eigenvalue weighted by atomic mass is 35.5. The maximum atomic E-state index is 14.5. The summed E-state index contributed by atoms with van der Waals surface area (Å²) in [6.45, 7) is 0. The van der Waals surface area contributed by atoms with Crippen LogP contribution in [0.5, 0.6) is 0 Å². The van der Waals surface area contributed by atoms with Gasteiger partial charge in [-0.25, -0.2) is 8.78 Å². The van der Waals surface area contributed by atoms with E-state index in [0.717, 1.165) is 18.6 Å². The number of hydrogen-bond acceptors (Lipinski definition) is 4. The molecule has 0 unspecified atom stereocenters. The van der Waals surface area contributed by atoms with E-state index >= 15 is 0 Å². The normalized spacial score (nSPS) is 10.9. The number of aryl methyl sites for hydroxylation is 1.